The number of carbonyl (C=O) groups excluding carboxylic acids is 2. The number of amides is 2. The maximum atomic E-state index is 13.0. The van der Waals surface area contributed by atoms with Crippen LogP contribution in [-0.4, -0.2) is 42.9 Å². The molecule has 2 amide bonds. The summed E-state index contributed by atoms with van der Waals surface area (Å²) in [6, 6.07) is 3.46. The standard InChI is InChI=1S/C16H21N3O2S/c20-14-13(12-2-1-9-22-12)19(8-7-18-14)15(21)11-10-16(11)3-5-17-6-4-16/h1-2,9,11,13,17H,3-8,10H2,(H,18,20). The first kappa shape index (κ1) is 14.2. The molecule has 5 nitrogen and oxygen atoms in total. The second-order valence-electron chi connectivity index (χ2n) is 6.61. The lowest BCUT2D eigenvalue weighted by atomic mass is 9.91. The van der Waals surface area contributed by atoms with E-state index in [4.69, 9.17) is 0 Å². The van der Waals surface area contributed by atoms with Gasteiger partial charge in [-0.3, -0.25) is 9.59 Å². The number of hydrogen-bond donors (Lipinski definition) is 2. The van der Waals surface area contributed by atoms with Gasteiger partial charge < -0.3 is 15.5 Å². The molecule has 3 aliphatic rings. The molecule has 1 aromatic rings. The van der Waals surface area contributed by atoms with Crippen molar-refractivity contribution in [3.63, 3.8) is 0 Å². The predicted molar refractivity (Wildman–Crippen MR) is 84.4 cm³/mol. The van der Waals surface area contributed by atoms with Crippen molar-refractivity contribution in [1.29, 1.82) is 0 Å². The van der Waals surface area contributed by atoms with Crippen molar-refractivity contribution in [2.45, 2.75) is 25.3 Å². The van der Waals surface area contributed by atoms with Gasteiger partial charge in [0.15, 0.2) is 0 Å². The van der Waals surface area contributed by atoms with Crippen LogP contribution in [0.4, 0.5) is 0 Å². The van der Waals surface area contributed by atoms with E-state index < -0.39 is 6.04 Å². The Labute approximate surface area is 134 Å². The predicted octanol–water partition coefficient (Wildman–Crippen LogP) is 1.14. The first-order valence-electron chi connectivity index (χ1n) is 8.04. The Morgan fingerprint density at radius 1 is 1.32 bits per heavy atom. The minimum atomic E-state index is -0.430. The number of hydrogen-bond acceptors (Lipinski definition) is 4. The lowest BCUT2D eigenvalue weighted by Crippen LogP contribution is -2.52. The highest BCUT2D eigenvalue weighted by Crippen LogP contribution is 2.59. The Kier molecular flexibility index (Phi) is 3.46. The first-order valence-corrected chi connectivity index (χ1v) is 8.92. The van der Waals surface area contributed by atoms with E-state index in [1.54, 1.807) is 11.3 Å². The molecule has 0 radical (unpaired) electrons. The molecule has 0 bridgehead atoms. The van der Waals surface area contributed by atoms with E-state index in [0.717, 1.165) is 37.2 Å². The van der Waals surface area contributed by atoms with Crippen molar-refractivity contribution in [2.24, 2.45) is 11.3 Å². The van der Waals surface area contributed by atoms with Gasteiger partial charge in [-0.25, -0.2) is 0 Å². The molecule has 2 saturated heterocycles. The van der Waals surface area contributed by atoms with Gasteiger partial charge in [0.1, 0.15) is 6.04 Å². The zero-order chi connectivity index (χ0) is 15.2. The summed E-state index contributed by atoms with van der Waals surface area (Å²) in [5.41, 5.74) is 0.219. The van der Waals surface area contributed by atoms with Crippen LogP contribution in [0.25, 0.3) is 0 Å². The SMILES string of the molecule is O=C1NCCN(C(=O)C2CC23CCNCC3)C1c1cccs1. The van der Waals surface area contributed by atoms with Gasteiger partial charge in [-0.15, -0.1) is 11.3 Å². The molecular formula is C16H21N3O2S. The van der Waals surface area contributed by atoms with Gasteiger partial charge >= 0.3 is 0 Å². The number of rotatable bonds is 2. The van der Waals surface area contributed by atoms with Gasteiger partial charge in [0.2, 0.25) is 11.8 Å². The molecule has 2 N–H and O–H groups in total. The van der Waals surface area contributed by atoms with Crippen LogP contribution in [-0.2, 0) is 9.59 Å². The zero-order valence-corrected chi connectivity index (χ0v) is 13.3. The zero-order valence-electron chi connectivity index (χ0n) is 12.5. The molecule has 1 saturated carbocycles. The number of piperidine rings is 1. The molecule has 2 unspecified atom stereocenters. The lowest BCUT2D eigenvalue weighted by molar-refractivity contribution is -0.145. The second-order valence-corrected chi connectivity index (χ2v) is 7.59. The van der Waals surface area contributed by atoms with Gasteiger partial charge in [0.05, 0.1) is 0 Å². The van der Waals surface area contributed by atoms with Crippen LogP contribution < -0.4 is 10.6 Å². The van der Waals surface area contributed by atoms with Crippen LogP contribution in [0.1, 0.15) is 30.2 Å². The van der Waals surface area contributed by atoms with Crippen LogP contribution >= 0.6 is 11.3 Å². The van der Waals surface area contributed by atoms with Crippen LogP contribution in [0.15, 0.2) is 17.5 Å². The third-order valence-electron chi connectivity index (χ3n) is 5.39. The van der Waals surface area contributed by atoms with E-state index in [1.165, 1.54) is 0 Å². The fourth-order valence-corrected chi connectivity index (χ4v) is 4.84. The minimum Gasteiger partial charge on any atom is -0.352 e. The Hall–Kier alpha value is -1.40. The summed E-state index contributed by atoms with van der Waals surface area (Å²) in [6.45, 7) is 3.21. The molecule has 1 aromatic heterocycles. The average Bonchev–Trinajstić information content (AvgIpc) is 2.98. The third kappa shape index (κ3) is 2.25. The smallest absolute Gasteiger partial charge is 0.248 e. The highest BCUT2D eigenvalue weighted by molar-refractivity contribution is 7.10. The van der Waals surface area contributed by atoms with Crippen molar-refractivity contribution >= 4 is 23.2 Å². The molecule has 0 aromatic carbocycles. The average molecular weight is 319 g/mol. The molecular weight excluding hydrogens is 298 g/mol. The lowest BCUT2D eigenvalue weighted by Gasteiger charge is -2.35. The monoisotopic (exact) mass is 319 g/mol. The second kappa shape index (κ2) is 5.35. The molecule has 3 fully saturated rings. The van der Waals surface area contributed by atoms with E-state index in [0.29, 0.717) is 13.1 Å². The van der Waals surface area contributed by atoms with E-state index in [-0.39, 0.29) is 23.1 Å². The third-order valence-corrected chi connectivity index (χ3v) is 6.32. The summed E-state index contributed by atoms with van der Waals surface area (Å²) >= 11 is 1.55. The molecule has 3 heterocycles. The summed E-state index contributed by atoms with van der Waals surface area (Å²) < 4.78 is 0. The normalized spacial score (nSPS) is 30.2. The summed E-state index contributed by atoms with van der Waals surface area (Å²) in [6.07, 6.45) is 3.18. The van der Waals surface area contributed by atoms with Gasteiger partial charge in [0, 0.05) is 23.9 Å². The maximum Gasteiger partial charge on any atom is 0.248 e. The van der Waals surface area contributed by atoms with Crippen LogP contribution in [0, 0.1) is 11.3 Å². The van der Waals surface area contributed by atoms with Crippen molar-refractivity contribution in [2.75, 3.05) is 26.2 Å². The van der Waals surface area contributed by atoms with Crippen molar-refractivity contribution < 1.29 is 9.59 Å². The molecule has 118 valence electrons. The Morgan fingerprint density at radius 2 is 2.14 bits per heavy atom. The Morgan fingerprint density at radius 3 is 2.86 bits per heavy atom. The highest BCUT2D eigenvalue weighted by atomic mass is 32.1. The molecule has 1 spiro atoms. The minimum absolute atomic E-state index is 0.0398. The molecule has 2 atom stereocenters. The summed E-state index contributed by atoms with van der Waals surface area (Å²) in [4.78, 5) is 28.1. The fourth-order valence-electron chi connectivity index (χ4n) is 4.01. The molecule has 2 aliphatic heterocycles. The number of nitrogens with one attached hydrogen (secondary N) is 2. The Bertz CT molecular complexity index is 580. The topological polar surface area (TPSA) is 61.4 Å². The summed E-state index contributed by atoms with van der Waals surface area (Å²) in [7, 11) is 0. The molecule has 1 aliphatic carbocycles. The van der Waals surface area contributed by atoms with Crippen molar-refractivity contribution in [3.05, 3.63) is 22.4 Å². The van der Waals surface area contributed by atoms with Gasteiger partial charge in [0.25, 0.3) is 0 Å². The number of carbonyl (C=O) groups is 2. The van der Waals surface area contributed by atoms with E-state index in [9.17, 15) is 9.59 Å². The quantitative estimate of drug-likeness (QED) is 0.859. The van der Waals surface area contributed by atoms with Crippen molar-refractivity contribution in [3.8, 4) is 0 Å². The van der Waals surface area contributed by atoms with Crippen LogP contribution in [0.2, 0.25) is 0 Å². The first-order chi connectivity index (χ1) is 10.7. The highest BCUT2D eigenvalue weighted by Gasteiger charge is 2.59. The maximum absolute atomic E-state index is 13.0. The largest absolute Gasteiger partial charge is 0.352 e. The van der Waals surface area contributed by atoms with Crippen molar-refractivity contribution in [1.82, 2.24) is 15.5 Å². The van der Waals surface area contributed by atoms with Gasteiger partial charge in [-0.2, -0.15) is 0 Å². The molecule has 6 heteroatoms. The van der Waals surface area contributed by atoms with E-state index in [2.05, 4.69) is 10.6 Å². The Balaban J connectivity index is 1.55. The van der Waals surface area contributed by atoms with Gasteiger partial charge in [-0.1, -0.05) is 6.07 Å². The molecule has 22 heavy (non-hydrogen) atoms. The summed E-state index contributed by atoms with van der Waals surface area (Å²) in [5.74, 6) is 0.278. The fraction of sp³-hybridized carbons (Fsp3) is 0.625. The van der Waals surface area contributed by atoms with Crippen LogP contribution in [0.3, 0.4) is 0 Å². The van der Waals surface area contributed by atoms with Gasteiger partial charge in [-0.05, 0) is 49.2 Å². The number of thiophene rings is 1. The van der Waals surface area contributed by atoms with Crippen LogP contribution in [0.5, 0.6) is 0 Å². The van der Waals surface area contributed by atoms with E-state index >= 15 is 0 Å². The summed E-state index contributed by atoms with van der Waals surface area (Å²) in [5, 5.41) is 8.23. The number of nitrogens with zero attached hydrogens (tertiary/aromatic N) is 1. The van der Waals surface area contributed by atoms with E-state index in [1.807, 2.05) is 22.4 Å². The number of piperazine rings is 1. The molecule has 4 rings (SSSR count).